The molecular formula is C17H23NO2. The van der Waals surface area contributed by atoms with E-state index in [0.29, 0.717) is 17.5 Å². The summed E-state index contributed by atoms with van der Waals surface area (Å²) in [5, 5.41) is 0. The van der Waals surface area contributed by atoms with E-state index in [4.69, 9.17) is 10.5 Å². The fraction of sp³-hybridized carbons (Fsp3) is 0.471. The molecule has 1 aromatic rings. The zero-order valence-corrected chi connectivity index (χ0v) is 12.2. The van der Waals surface area contributed by atoms with Crippen LogP contribution in [0.3, 0.4) is 0 Å². The Bertz CT molecular complexity index is 486. The molecule has 1 aromatic carbocycles. The topological polar surface area (TPSA) is 52.3 Å². The first-order valence-corrected chi connectivity index (χ1v) is 7.27. The van der Waals surface area contributed by atoms with E-state index in [9.17, 15) is 4.79 Å². The summed E-state index contributed by atoms with van der Waals surface area (Å²) in [5.74, 6) is 1.00. The van der Waals surface area contributed by atoms with Crippen LogP contribution in [-0.2, 0) is 9.53 Å². The highest BCUT2D eigenvalue weighted by Crippen LogP contribution is 2.30. The van der Waals surface area contributed by atoms with Crippen LogP contribution in [0, 0.1) is 11.8 Å². The van der Waals surface area contributed by atoms with Crippen LogP contribution in [0.2, 0.25) is 0 Å². The summed E-state index contributed by atoms with van der Waals surface area (Å²) in [5.41, 5.74) is 7.29. The quantitative estimate of drug-likeness (QED) is 0.519. The van der Waals surface area contributed by atoms with Crippen molar-refractivity contribution >= 4 is 17.7 Å². The number of rotatable bonds is 3. The second-order valence-electron chi connectivity index (χ2n) is 5.98. The van der Waals surface area contributed by atoms with Crippen LogP contribution in [0.5, 0.6) is 0 Å². The number of esters is 1. The van der Waals surface area contributed by atoms with Gasteiger partial charge in [-0.25, -0.2) is 4.79 Å². The SMILES string of the molecule is CC1CC(C)CC(OC(=O)/C=C/c2cccc(N)c2)C1. The second kappa shape index (κ2) is 6.60. The monoisotopic (exact) mass is 273 g/mol. The van der Waals surface area contributed by atoms with Crippen molar-refractivity contribution in [2.45, 2.75) is 39.2 Å². The molecule has 0 aromatic heterocycles. The number of nitrogens with two attached hydrogens (primary N) is 1. The number of carbonyl (C=O) groups is 1. The third-order valence-corrected chi connectivity index (χ3v) is 3.74. The first-order chi connectivity index (χ1) is 9.52. The number of hydrogen-bond donors (Lipinski definition) is 1. The average molecular weight is 273 g/mol. The number of nitrogen functional groups attached to an aromatic ring is 1. The Balaban J connectivity index is 1.89. The predicted octanol–water partition coefficient (Wildman–Crippen LogP) is 3.65. The average Bonchev–Trinajstić information content (AvgIpc) is 2.35. The van der Waals surface area contributed by atoms with E-state index in [2.05, 4.69) is 13.8 Å². The molecular weight excluding hydrogens is 250 g/mol. The van der Waals surface area contributed by atoms with Crippen molar-refractivity contribution in [3.63, 3.8) is 0 Å². The molecule has 2 rings (SSSR count). The van der Waals surface area contributed by atoms with Gasteiger partial charge in [-0.3, -0.25) is 0 Å². The Kier molecular flexibility index (Phi) is 4.83. The van der Waals surface area contributed by atoms with Crippen molar-refractivity contribution in [3.8, 4) is 0 Å². The fourth-order valence-corrected chi connectivity index (χ4v) is 3.00. The summed E-state index contributed by atoms with van der Waals surface area (Å²) in [7, 11) is 0. The lowest BCUT2D eigenvalue weighted by molar-refractivity contribution is -0.145. The van der Waals surface area contributed by atoms with Crippen LogP contribution >= 0.6 is 0 Å². The number of ether oxygens (including phenoxy) is 1. The molecule has 2 N–H and O–H groups in total. The molecule has 0 amide bonds. The van der Waals surface area contributed by atoms with Gasteiger partial charge >= 0.3 is 5.97 Å². The van der Waals surface area contributed by atoms with Crippen LogP contribution in [-0.4, -0.2) is 12.1 Å². The number of carbonyl (C=O) groups excluding carboxylic acids is 1. The minimum Gasteiger partial charge on any atom is -0.459 e. The smallest absolute Gasteiger partial charge is 0.331 e. The second-order valence-corrected chi connectivity index (χ2v) is 5.98. The van der Waals surface area contributed by atoms with Gasteiger partial charge in [-0.15, -0.1) is 0 Å². The van der Waals surface area contributed by atoms with Gasteiger partial charge in [0.2, 0.25) is 0 Å². The molecule has 1 aliphatic carbocycles. The van der Waals surface area contributed by atoms with E-state index < -0.39 is 0 Å². The molecule has 2 unspecified atom stereocenters. The third-order valence-electron chi connectivity index (χ3n) is 3.74. The molecule has 0 radical (unpaired) electrons. The molecule has 0 heterocycles. The Morgan fingerprint density at radius 2 is 1.95 bits per heavy atom. The molecule has 1 fully saturated rings. The summed E-state index contributed by atoms with van der Waals surface area (Å²) < 4.78 is 5.53. The summed E-state index contributed by atoms with van der Waals surface area (Å²) in [6.45, 7) is 4.44. The van der Waals surface area contributed by atoms with E-state index in [1.807, 2.05) is 24.3 Å². The van der Waals surface area contributed by atoms with Gasteiger partial charge in [0, 0.05) is 11.8 Å². The van der Waals surface area contributed by atoms with Crippen molar-refractivity contribution in [1.29, 1.82) is 0 Å². The van der Waals surface area contributed by atoms with Gasteiger partial charge in [0.1, 0.15) is 6.10 Å². The molecule has 0 saturated heterocycles. The molecule has 0 aliphatic heterocycles. The Morgan fingerprint density at radius 1 is 1.25 bits per heavy atom. The molecule has 108 valence electrons. The maximum atomic E-state index is 11.8. The Hall–Kier alpha value is -1.77. The number of anilines is 1. The fourth-order valence-electron chi connectivity index (χ4n) is 3.00. The van der Waals surface area contributed by atoms with E-state index in [1.165, 1.54) is 12.5 Å². The van der Waals surface area contributed by atoms with Crippen LogP contribution in [0.25, 0.3) is 6.08 Å². The van der Waals surface area contributed by atoms with Crippen molar-refractivity contribution in [2.75, 3.05) is 5.73 Å². The Labute approximate surface area is 120 Å². The summed E-state index contributed by atoms with van der Waals surface area (Å²) >= 11 is 0. The normalized spacial score (nSPS) is 26.6. The number of hydrogen-bond acceptors (Lipinski definition) is 3. The van der Waals surface area contributed by atoms with Gasteiger partial charge in [0.15, 0.2) is 0 Å². The molecule has 3 nitrogen and oxygen atoms in total. The molecule has 20 heavy (non-hydrogen) atoms. The molecule has 2 atom stereocenters. The lowest BCUT2D eigenvalue weighted by atomic mass is 9.82. The highest BCUT2D eigenvalue weighted by atomic mass is 16.5. The molecule has 0 spiro atoms. The third kappa shape index (κ3) is 4.41. The van der Waals surface area contributed by atoms with Gasteiger partial charge in [-0.1, -0.05) is 26.0 Å². The Morgan fingerprint density at radius 3 is 2.60 bits per heavy atom. The maximum Gasteiger partial charge on any atom is 0.331 e. The summed E-state index contributed by atoms with van der Waals surface area (Å²) in [6.07, 6.45) is 6.47. The standard InChI is InChI=1S/C17H23NO2/c1-12-8-13(2)10-16(9-12)20-17(19)7-6-14-4-3-5-15(18)11-14/h3-7,11-13,16H,8-10,18H2,1-2H3/b7-6+. The number of benzene rings is 1. The maximum absolute atomic E-state index is 11.8. The first kappa shape index (κ1) is 14.6. The zero-order valence-electron chi connectivity index (χ0n) is 12.2. The van der Waals surface area contributed by atoms with E-state index in [1.54, 1.807) is 6.08 Å². The summed E-state index contributed by atoms with van der Waals surface area (Å²) in [4.78, 5) is 11.8. The van der Waals surface area contributed by atoms with Crippen molar-refractivity contribution in [3.05, 3.63) is 35.9 Å². The molecule has 3 heteroatoms. The van der Waals surface area contributed by atoms with E-state index in [-0.39, 0.29) is 12.1 Å². The van der Waals surface area contributed by atoms with Gasteiger partial charge in [-0.2, -0.15) is 0 Å². The minimum absolute atomic E-state index is 0.0618. The molecule has 1 saturated carbocycles. The lowest BCUT2D eigenvalue weighted by Crippen LogP contribution is -2.27. The molecule has 1 aliphatic rings. The van der Waals surface area contributed by atoms with Gasteiger partial charge in [0.25, 0.3) is 0 Å². The lowest BCUT2D eigenvalue weighted by Gasteiger charge is -2.30. The van der Waals surface area contributed by atoms with E-state index in [0.717, 1.165) is 18.4 Å². The highest BCUT2D eigenvalue weighted by Gasteiger charge is 2.25. The van der Waals surface area contributed by atoms with Crippen molar-refractivity contribution in [2.24, 2.45) is 11.8 Å². The molecule has 0 bridgehead atoms. The minimum atomic E-state index is -0.265. The first-order valence-electron chi connectivity index (χ1n) is 7.27. The predicted molar refractivity (Wildman–Crippen MR) is 81.9 cm³/mol. The van der Waals surface area contributed by atoms with Crippen molar-refractivity contribution < 1.29 is 9.53 Å². The van der Waals surface area contributed by atoms with Crippen LogP contribution in [0.1, 0.15) is 38.7 Å². The largest absolute Gasteiger partial charge is 0.459 e. The highest BCUT2D eigenvalue weighted by molar-refractivity contribution is 5.87. The zero-order chi connectivity index (χ0) is 14.5. The van der Waals surface area contributed by atoms with Crippen LogP contribution in [0.4, 0.5) is 5.69 Å². The summed E-state index contributed by atoms with van der Waals surface area (Å²) in [6, 6.07) is 7.42. The van der Waals surface area contributed by atoms with Crippen LogP contribution < -0.4 is 5.73 Å². The van der Waals surface area contributed by atoms with E-state index >= 15 is 0 Å². The van der Waals surface area contributed by atoms with Crippen LogP contribution in [0.15, 0.2) is 30.3 Å². The van der Waals surface area contributed by atoms with Crippen molar-refractivity contribution in [1.82, 2.24) is 0 Å². The van der Waals surface area contributed by atoms with Gasteiger partial charge in [-0.05, 0) is 54.9 Å². The van der Waals surface area contributed by atoms with Gasteiger partial charge < -0.3 is 10.5 Å². The van der Waals surface area contributed by atoms with Gasteiger partial charge in [0.05, 0.1) is 0 Å².